The predicted octanol–water partition coefficient (Wildman–Crippen LogP) is 5.40. The molecule has 1 unspecified atom stereocenters. The maximum atomic E-state index is 13.3. The Balaban J connectivity index is 2.29. The standard InChI is InChI=1S/C16H17BrFN/c1-11(2)16(12-6-4-3-5-7-12)19-15-10-13(18)8-9-14(15)17/h3-11,16,19H,1-2H3. The highest BCUT2D eigenvalue weighted by Gasteiger charge is 2.16. The third-order valence-corrected chi connectivity index (χ3v) is 3.76. The molecule has 1 N–H and O–H groups in total. The maximum absolute atomic E-state index is 13.3. The van der Waals surface area contributed by atoms with Crippen LogP contribution in [0.1, 0.15) is 25.5 Å². The van der Waals surface area contributed by atoms with Crippen molar-refractivity contribution < 1.29 is 4.39 Å². The molecule has 0 aliphatic heterocycles. The van der Waals surface area contributed by atoms with Crippen LogP contribution in [0.5, 0.6) is 0 Å². The molecule has 19 heavy (non-hydrogen) atoms. The van der Waals surface area contributed by atoms with Gasteiger partial charge >= 0.3 is 0 Å². The molecule has 0 radical (unpaired) electrons. The zero-order valence-corrected chi connectivity index (χ0v) is 12.6. The van der Waals surface area contributed by atoms with E-state index in [0.717, 1.165) is 10.2 Å². The Hall–Kier alpha value is -1.35. The van der Waals surface area contributed by atoms with Gasteiger partial charge in [-0.1, -0.05) is 44.2 Å². The summed E-state index contributed by atoms with van der Waals surface area (Å²) in [7, 11) is 0. The minimum Gasteiger partial charge on any atom is -0.377 e. The first-order valence-electron chi connectivity index (χ1n) is 6.34. The number of nitrogens with one attached hydrogen (secondary N) is 1. The smallest absolute Gasteiger partial charge is 0.125 e. The van der Waals surface area contributed by atoms with Gasteiger partial charge in [-0.15, -0.1) is 0 Å². The van der Waals surface area contributed by atoms with E-state index in [4.69, 9.17) is 0 Å². The fraction of sp³-hybridized carbons (Fsp3) is 0.250. The lowest BCUT2D eigenvalue weighted by atomic mass is 9.96. The number of anilines is 1. The van der Waals surface area contributed by atoms with Crippen molar-refractivity contribution in [3.05, 3.63) is 64.4 Å². The zero-order chi connectivity index (χ0) is 13.8. The molecular formula is C16H17BrFN. The van der Waals surface area contributed by atoms with Crippen molar-refractivity contribution in [1.82, 2.24) is 0 Å². The van der Waals surface area contributed by atoms with E-state index >= 15 is 0 Å². The Kier molecular flexibility index (Phi) is 4.59. The molecule has 0 spiro atoms. The highest BCUT2D eigenvalue weighted by Crippen LogP contribution is 2.31. The molecule has 0 saturated heterocycles. The van der Waals surface area contributed by atoms with Gasteiger partial charge in [-0.3, -0.25) is 0 Å². The molecule has 1 atom stereocenters. The number of benzene rings is 2. The number of hydrogen-bond donors (Lipinski definition) is 1. The van der Waals surface area contributed by atoms with Crippen molar-refractivity contribution in [2.45, 2.75) is 19.9 Å². The lowest BCUT2D eigenvalue weighted by Crippen LogP contribution is -2.17. The van der Waals surface area contributed by atoms with Gasteiger partial charge in [0.25, 0.3) is 0 Å². The largest absolute Gasteiger partial charge is 0.377 e. The van der Waals surface area contributed by atoms with Crippen molar-refractivity contribution in [2.24, 2.45) is 5.92 Å². The SMILES string of the molecule is CC(C)C(Nc1cc(F)ccc1Br)c1ccccc1. The lowest BCUT2D eigenvalue weighted by molar-refractivity contribution is 0.545. The molecule has 0 aromatic heterocycles. The lowest BCUT2D eigenvalue weighted by Gasteiger charge is -2.24. The van der Waals surface area contributed by atoms with E-state index in [1.807, 2.05) is 18.2 Å². The summed E-state index contributed by atoms with van der Waals surface area (Å²) in [5, 5.41) is 3.42. The van der Waals surface area contributed by atoms with E-state index < -0.39 is 0 Å². The summed E-state index contributed by atoms with van der Waals surface area (Å²) in [4.78, 5) is 0. The van der Waals surface area contributed by atoms with Gasteiger partial charge in [0.05, 0.1) is 11.7 Å². The molecule has 0 aliphatic carbocycles. The van der Waals surface area contributed by atoms with Crippen LogP contribution in [0.15, 0.2) is 53.0 Å². The molecule has 2 aromatic carbocycles. The van der Waals surface area contributed by atoms with Crippen LogP contribution in [0.3, 0.4) is 0 Å². The minimum absolute atomic E-state index is 0.152. The van der Waals surface area contributed by atoms with Gasteiger partial charge in [0.2, 0.25) is 0 Å². The molecular weight excluding hydrogens is 305 g/mol. The molecule has 0 amide bonds. The average Bonchev–Trinajstić information content (AvgIpc) is 2.40. The quantitative estimate of drug-likeness (QED) is 0.795. The summed E-state index contributed by atoms with van der Waals surface area (Å²) in [5.74, 6) is 0.166. The zero-order valence-electron chi connectivity index (χ0n) is 11.0. The van der Waals surface area contributed by atoms with Crippen LogP contribution < -0.4 is 5.32 Å². The summed E-state index contributed by atoms with van der Waals surface area (Å²) >= 11 is 3.45. The average molecular weight is 322 g/mol. The molecule has 100 valence electrons. The Labute approximate surface area is 122 Å². The number of hydrogen-bond acceptors (Lipinski definition) is 1. The van der Waals surface area contributed by atoms with E-state index in [1.165, 1.54) is 17.7 Å². The molecule has 3 heteroatoms. The molecule has 0 bridgehead atoms. The molecule has 1 nitrogen and oxygen atoms in total. The van der Waals surface area contributed by atoms with Crippen LogP contribution in [-0.4, -0.2) is 0 Å². The topological polar surface area (TPSA) is 12.0 Å². The molecule has 0 heterocycles. The Morgan fingerprint density at radius 1 is 1.05 bits per heavy atom. The minimum atomic E-state index is -0.235. The van der Waals surface area contributed by atoms with Crippen LogP contribution in [0.25, 0.3) is 0 Å². The van der Waals surface area contributed by atoms with Crippen LogP contribution >= 0.6 is 15.9 Å². The first kappa shape index (κ1) is 14.1. The summed E-state index contributed by atoms with van der Waals surface area (Å²) in [6.07, 6.45) is 0. The summed E-state index contributed by atoms with van der Waals surface area (Å²) in [6, 6.07) is 15.1. The van der Waals surface area contributed by atoms with Crippen molar-refractivity contribution in [3.63, 3.8) is 0 Å². The van der Waals surface area contributed by atoms with E-state index in [1.54, 1.807) is 6.07 Å². The van der Waals surface area contributed by atoms with Gasteiger partial charge in [0.15, 0.2) is 0 Å². The molecule has 2 rings (SSSR count). The summed E-state index contributed by atoms with van der Waals surface area (Å²) < 4.78 is 14.2. The second kappa shape index (κ2) is 6.20. The summed E-state index contributed by atoms with van der Waals surface area (Å²) in [5.41, 5.74) is 1.98. The van der Waals surface area contributed by atoms with Gasteiger partial charge in [0.1, 0.15) is 5.82 Å². The second-order valence-electron chi connectivity index (χ2n) is 4.90. The van der Waals surface area contributed by atoms with E-state index in [9.17, 15) is 4.39 Å². The van der Waals surface area contributed by atoms with Gasteiger partial charge < -0.3 is 5.32 Å². The fourth-order valence-electron chi connectivity index (χ4n) is 2.07. The highest BCUT2D eigenvalue weighted by atomic mass is 79.9. The molecule has 0 saturated carbocycles. The maximum Gasteiger partial charge on any atom is 0.125 e. The van der Waals surface area contributed by atoms with E-state index in [-0.39, 0.29) is 11.9 Å². The van der Waals surface area contributed by atoms with Gasteiger partial charge in [-0.25, -0.2) is 4.39 Å². The molecule has 2 aromatic rings. The Bertz CT molecular complexity index is 540. The van der Waals surface area contributed by atoms with Crippen LogP contribution in [-0.2, 0) is 0 Å². The first-order chi connectivity index (χ1) is 9.08. The number of rotatable bonds is 4. The van der Waals surface area contributed by atoms with Crippen LogP contribution in [0.4, 0.5) is 10.1 Å². The second-order valence-corrected chi connectivity index (χ2v) is 5.76. The third-order valence-electron chi connectivity index (χ3n) is 3.06. The van der Waals surface area contributed by atoms with Gasteiger partial charge in [-0.2, -0.15) is 0 Å². The predicted molar refractivity (Wildman–Crippen MR) is 81.7 cm³/mol. The van der Waals surface area contributed by atoms with Crippen LogP contribution in [0, 0.1) is 11.7 Å². The molecule has 0 aliphatic rings. The fourth-order valence-corrected chi connectivity index (χ4v) is 2.43. The first-order valence-corrected chi connectivity index (χ1v) is 7.14. The monoisotopic (exact) mass is 321 g/mol. The van der Waals surface area contributed by atoms with Crippen molar-refractivity contribution in [1.29, 1.82) is 0 Å². The molecule has 0 fully saturated rings. The van der Waals surface area contributed by atoms with Gasteiger partial charge in [-0.05, 0) is 45.6 Å². The Morgan fingerprint density at radius 2 is 1.74 bits per heavy atom. The van der Waals surface area contributed by atoms with Crippen LogP contribution in [0.2, 0.25) is 0 Å². The van der Waals surface area contributed by atoms with Crippen molar-refractivity contribution in [3.8, 4) is 0 Å². The third kappa shape index (κ3) is 3.57. The van der Waals surface area contributed by atoms with E-state index in [2.05, 4.69) is 47.2 Å². The summed E-state index contributed by atoms with van der Waals surface area (Å²) in [6.45, 7) is 4.30. The normalized spacial score (nSPS) is 12.5. The Morgan fingerprint density at radius 3 is 2.37 bits per heavy atom. The van der Waals surface area contributed by atoms with Gasteiger partial charge in [0, 0.05) is 4.47 Å². The highest BCUT2D eigenvalue weighted by molar-refractivity contribution is 9.10. The number of halogens is 2. The van der Waals surface area contributed by atoms with Crippen molar-refractivity contribution in [2.75, 3.05) is 5.32 Å². The van der Waals surface area contributed by atoms with Crippen molar-refractivity contribution >= 4 is 21.6 Å². The van der Waals surface area contributed by atoms with E-state index in [0.29, 0.717) is 5.92 Å².